The maximum Gasteiger partial charge on any atom is 0.142 e. The van der Waals surface area contributed by atoms with Gasteiger partial charge < -0.3 is 14.8 Å². The molecule has 2 aromatic rings. The summed E-state index contributed by atoms with van der Waals surface area (Å²) < 4.78 is 12.7. The topological polar surface area (TPSA) is 61.2 Å². The normalized spacial score (nSPS) is 21.2. The molecule has 0 aliphatic carbocycles. The predicted molar refractivity (Wildman–Crippen MR) is 83.5 cm³/mol. The first kappa shape index (κ1) is 15.6. The summed E-state index contributed by atoms with van der Waals surface area (Å²) in [7, 11) is 1.59. The first-order valence-corrected chi connectivity index (χ1v) is 7.63. The van der Waals surface area contributed by atoms with Gasteiger partial charge in [-0.05, 0) is 12.1 Å². The van der Waals surface area contributed by atoms with Crippen molar-refractivity contribution in [3.8, 4) is 5.75 Å². The highest BCUT2D eigenvalue weighted by Crippen LogP contribution is 2.32. The van der Waals surface area contributed by atoms with Crippen LogP contribution in [0.1, 0.15) is 11.6 Å². The molecule has 0 spiro atoms. The van der Waals surface area contributed by atoms with Gasteiger partial charge in [0, 0.05) is 23.3 Å². The molecule has 0 unspecified atom stereocenters. The van der Waals surface area contributed by atoms with Crippen LogP contribution in [0, 0.1) is 0 Å². The van der Waals surface area contributed by atoms with E-state index in [1.807, 2.05) is 16.9 Å². The summed E-state index contributed by atoms with van der Waals surface area (Å²) in [4.78, 5) is 0. The molecule has 3 rings (SSSR count). The molecule has 2 heterocycles. The Kier molecular flexibility index (Phi) is 4.83. The lowest BCUT2D eigenvalue weighted by atomic mass is 10.1. The molecular formula is C14H16Cl2N4O2. The van der Waals surface area contributed by atoms with E-state index in [2.05, 4.69) is 15.6 Å². The van der Waals surface area contributed by atoms with Crippen molar-refractivity contribution in [1.82, 2.24) is 20.3 Å². The van der Waals surface area contributed by atoms with Crippen molar-refractivity contribution in [3.05, 3.63) is 40.1 Å². The van der Waals surface area contributed by atoms with Crippen LogP contribution >= 0.6 is 23.2 Å². The van der Waals surface area contributed by atoms with Crippen LogP contribution in [0.5, 0.6) is 5.75 Å². The summed E-state index contributed by atoms with van der Waals surface area (Å²) in [6.07, 6.45) is 3.50. The third kappa shape index (κ3) is 3.20. The lowest BCUT2D eigenvalue weighted by Gasteiger charge is -2.20. The van der Waals surface area contributed by atoms with E-state index in [1.165, 1.54) is 0 Å². The van der Waals surface area contributed by atoms with Crippen molar-refractivity contribution < 1.29 is 9.47 Å². The molecule has 1 N–H and O–H groups in total. The zero-order valence-electron chi connectivity index (χ0n) is 12.0. The smallest absolute Gasteiger partial charge is 0.142 e. The second-order valence-corrected chi connectivity index (χ2v) is 5.90. The summed E-state index contributed by atoms with van der Waals surface area (Å²) in [6.45, 7) is 1.79. The molecule has 1 aliphatic rings. The molecule has 6 nitrogen and oxygen atoms in total. The van der Waals surface area contributed by atoms with Crippen LogP contribution in [-0.4, -0.2) is 41.4 Å². The highest BCUT2D eigenvalue weighted by Gasteiger charge is 2.30. The molecule has 0 radical (unpaired) electrons. The molecule has 22 heavy (non-hydrogen) atoms. The summed E-state index contributed by atoms with van der Waals surface area (Å²) in [5.74, 6) is 0.634. The van der Waals surface area contributed by atoms with Crippen LogP contribution in [-0.2, 0) is 11.3 Å². The zero-order chi connectivity index (χ0) is 15.5. The van der Waals surface area contributed by atoms with Gasteiger partial charge in [0.05, 0.1) is 43.6 Å². The van der Waals surface area contributed by atoms with E-state index in [0.717, 1.165) is 5.56 Å². The number of hydrogen-bond acceptors (Lipinski definition) is 5. The molecule has 0 saturated carbocycles. The number of hydrogen-bond donors (Lipinski definition) is 1. The second-order valence-electron chi connectivity index (χ2n) is 5.06. The molecule has 1 saturated heterocycles. The zero-order valence-corrected chi connectivity index (χ0v) is 13.5. The monoisotopic (exact) mass is 342 g/mol. The van der Waals surface area contributed by atoms with Gasteiger partial charge in [0.25, 0.3) is 0 Å². The van der Waals surface area contributed by atoms with E-state index in [0.29, 0.717) is 35.6 Å². The third-order valence-electron chi connectivity index (χ3n) is 3.68. The SMILES string of the molecule is COc1c(Cl)cc(Cl)cc1CN[C@H]1COC[C@H]1n1ccnn1. The van der Waals surface area contributed by atoms with E-state index < -0.39 is 0 Å². The van der Waals surface area contributed by atoms with Crippen LogP contribution in [0.15, 0.2) is 24.5 Å². The van der Waals surface area contributed by atoms with Crippen LogP contribution in [0.4, 0.5) is 0 Å². The Bertz CT molecular complexity index is 636. The van der Waals surface area contributed by atoms with Gasteiger partial charge in [-0.25, -0.2) is 4.68 Å². The lowest BCUT2D eigenvalue weighted by molar-refractivity contribution is 0.181. The van der Waals surface area contributed by atoms with E-state index in [9.17, 15) is 0 Å². The first-order chi connectivity index (χ1) is 10.7. The summed E-state index contributed by atoms with van der Waals surface area (Å²) in [5.41, 5.74) is 0.907. The van der Waals surface area contributed by atoms with Crippen molar-refractivity contribution in [2.45, 2.75) is 18.6 Å². The fraction of sp³-hybridized carbons (Fsp3) is 0.429. The maximum absolute atomic E-state index is 6.16. The molecule has 1 aromatic carbocycles. The van der Waals surface area contributed by atoms with Crippen LogP contribution < -0.4 is 10.1 Å². The third-order valence-corrected chi connectivity index (χ3v) is 4.17. The number of halogens is 2. The van der Waals surface area contributed by atoms with Gasteiger partial charge in [-0.2, -0.15) is 0 Å². The van der Waals surface area contributed by atoms with E-state index in [4.69, 9.17) is 32.7 Å². The van der Waals surface area contributed by atoms with Gasteiger partial charge >= 0.3 is 0 Å². The number of nitrogens with zero attached hydrogens (tertiary/aromatic N) is 3. The largest absolute Gasteiger partial charge is 0.495 e. The summed E-state index contributed by atoms with van der Waals surface area (Å²) in [5, 5.41) is 12.4. The highest BCUT2D eigenvalue weighted by atomic mass is 35.5. The molecule has 118 valence electrons. The second kappa shape index (κ2) is 6.83. The average molecular weight is 343 g/mol. The number of nitrogens with one attached hydrogen (secondary N) is 1. The maximum atomic E-state index is 6.16. The molecule has 1 fully saturated rings. The molecule has 1 aromatic heterocycles. The van der Waals surface area contributed by atoms with Crippen molar-refractivity contribution >= 4 is 23.2 Å². The van der Waals surface area contributed by atoms with E-state index >= 15 is 0 Å². The molecule has 8 heteroatoms. The Morgan fingerprint density at radius 1 is 1.41 bits per heavy atom. The van der Waals surface area contributed by atoms with Gasteiger partial charge in [-0.15, -0.1) is 5.10 Å². The van der Waals surface area contributed by atoms with Gasteiger partial charge in [0.1, 0.15) is 5.75 Å². The Morgan fingerprint density at radius 2 is 2.27 bits per heavy atom. The lowest BCUT2D eigenvalue weighted by Crippen LogP contribution is -2.36. The van der Waals surface area contributed by atoms with E-state index in [1.54, 1.807) is 19.4 Å². The number of aromatic nitrogens is 3. The van der Waals surface area contributed by atoms with Gasteiger partial charge in [-0.1, -0.05) is 28.4 Å². The Hall–Kier alpha value is -1.34. The van der Waals surface area contributed by atoms with Crippen molar-refractivity contribution in [3.63, 3.8) is 0 Å². The predicted octanol–water partition coefficient (Wildman–Crippen LogP) is 2.32. The van der Waals surface area contributed by atoms with Crippen LogP contribution in [0.2, 0.25) is 10.0 Å². The summed E-state index contributed by atoms with van der Waals surface area (Å²) in [6, 6.07) is 3.76. The molecule has 0 bridgehead atoms. The fourth-order valence-electron chi connectivity index (χ4n) is 2.61. The van der Waals surface area contributed by atoms with Crippen molar-refractivity contribution in [2.24, 2.45) is 0 Å². The number of benzene rings is 1. The van der Waals surface area contributed by atoms with Gasteiger partial charge in [0.2, 0.25) is 0 Å². The van der Waals surface area contributed by atoms with Gasteiger partial charge in [0.15, 0.2) is 0 Å². The summed E-state index contributed by atoms with van der Waals surface area (Å²) >= 11 is 12.2. The number of ether oxygens (including phenoxy) is 2. The van der Waals surface area contributed by atoms with E-state index in [-0.39, 0.29) is 12.1 Å². The number of rotatable bonds is 5. The fourth-order valence-corrected chi connectivity index (χ4v) is 3.22. The minimum absolute atomic E-state index is 0.114. The Morgan fingerprint density at radius 3 is 3.00 bits per heavy atom. The molecule has 2 atom stereocenters. The standard InChI is InChI=1S/C14H16Cl2N4O2/c1-21-14-9(4-10(15)5-11(14)16)6-17-12-7-22-8-13(12)20-3-2-18-19-20/h2-5,12-13,17H,6-8H2,1H3/t12-,13+/m0/s1. The first-order valence-electron chi connectivity index (χ1n) is 6.88. The quantitative estimate of drug-likeness (QED) is 0.903. The van der Waals surface area contributed by atoms with Crippen molar-refractivity contribution in [2.75, 3.05) is 20.3 Å². The minimum Gasteiger partial charge on any atom is -0.495 e. The molecular weight excluding hydrogens is 327 g/mol. The average Bonchev–Trinajstić information content (AvgIpc) is 3.15. The van der Waals surface area contributed by atoms with Gasteiger partial charge in [-0.3, -0.25) is 0 Å². The van der Waals surface area contributed by atoms with Crippen LogP contribution in [0.3, 0.4) is 0 Å². The molecule has 1 aliphatic heterocycles. The van der Waals surface area contributed by atoms with Crippen LogP contribution in [0.25, 0.3) is 0 Å². The number of methoxy groups -OCH3 is 1. The minimum atomic E-state index is 0.114. The van der Waals surface area contributed by atoms with Crippen molar-refractivity contribution in [1.29, 1.82) is 0 Å². The molecule has 0 amide bonds. The Labute approximate surface area is 138 Å². The Balaban J connectivity index is 1.72. The highest BCUT2D eigenvalue weighted by molar-refractivity contribution is 6.35.